The fourth-order valence-electron chi connectivity index (χ4n) is 5.46. The molecule has 2 aromatic rings. The Morgan fingerprint density at radius 2 is 2.02 bits per heavy atom. The SMILES string of the molecule is CCCN1C(=O)OC(C(CC2CCNC2=O)NC(=O)C(CC(C)C)NC(=O)c2cc3c(OC)cccc3[nH]2)C1N. The Morgan fingerprint density at radius 1 is 1.25 bits per heavy atom. The standard InChI is InChI=1S/C28H40N6O6/c1-5-11-34-24(29)23(40-28(34)38)19(13-16-9-10-30-25(16)35)32-26(36)20(12-15(2)3)33-27(37)21-14-17-18(31-21)7-6-8-22(17)39-4/h6-8,14-16,19-20,23-24,31H,5,9-13,29H2,1-4H3,(H,30,35)(H,32,36)(H,33,37). The molecule has 12 nitrogen and oxygen atoms in total. The lowest BCUT2D eigenvalue weighted by molar-refractivity contribution is -0.127. The van der Waals surface area contributed by atoms with E-state index in [1.807, 2.05) is 32.9 Å². The van der Waals surface area contributed by atoms with Gasteiger partial charge in [-0.25, -0.2) is 4.79 Å². The minimum atomic E-state index is -0.874. The van der Waals surface area contributed by atoms with Crippen LogP contribution in [-0.2, 0) is 14.3 Å². The van der Waals surface area contributed by atoms with Gasteiger partial charge in [0.15, 0.2) is 6.10 Å². The summed E-state index contributed by atoms with van der Waals surface area (Å²) in [6, 6.07) is 5.56. The third kappa shape index (κ3) is 6.33. The molecule has 40 heavy (non-hydrogen) atoms. The average molecular weight is 557 g/mol. The van der Waals surface area contributed by atoms with Gasteiger partial charge in [-0.1, -0.05) is 26.8 Å². The summed E-state index contributed by atoms with van der Waals surface area (Å²) >= 11 is 0. The van der Waals surface area contributed by atoms with Gasteiger partial charge in [-0.15, -0.1) is 0 Å². The first kappa shape index (κ1) is 29.2. The van der Waals surface area contributed by atoms with Gasteiger partial charge in [0.05, 0.1) is 13.2 Å². The Hall–Kier alpha value is -3.80. The number of hydrogen-bond acceptors (Lipinski definition) is 7. The van der Waals surface area contributed by atoms with Crippen LogP contribution in [0.4, 0.5) is 4.79 Å². The van der Waals surface area contributed by atoms with E-state index in [0.29, 0.717) is 43.8 Å². The smallest absolute Gasteiger partial charge is 0.411 e. The highest BCUT2D eigenvalue weighted by molar-refractivity contribution is 6.01. The van der Waals surface area contributed by atoms with E-state index in [9.17, 15) is 19.2 Å². The second-order valence-electron chi connectivity index (χ2n) is 10.9. The number of carbonyl (C=O) groups excluding carboxylic acids is 4. The lowest BCUT2D eigenvalue weighted by Gasteiger charge is -2.30. The van der Waals surface area contributed by atoms with Crippen LogP contribution in [0.2, 0.25) is 0 Å². The summed E-state index contributed by atoms with van der Waals surface area (Å²) < 4.78 is 11.0. The third-order valence-electron chi connectivity index (χ3n) is 7.48. The number of fused-ring (bicyclic) bond motifs is 1. The molecule has 12 heteroatoms. The maximum atomic E-state index is 13.7. The highest BCUT2D eigenvalue weighted by Crippen LogP contribution is 2.27. The average Bonchev–Trinajstić information content (AvgIpc) is 3.61. The molecule has 2 fully saturated rings. The number of carbonyl (C=O) groups is 4. The first-order valence-electron chi connectivity index (χ1n) is 13.9. The minimum Gasteiger partial charge on any atom is -0.496 e. The maximum absolute atomic E-state index is 13.7. The van der Waals surface area contributed by atoms with Crippen molar-refractivity contribution in [1.29, 1.82) is 0 Å². The number of benzene rings is 1. The molecule has 2 aliphatic rings. The van der Waals surface area contributed by atoms with Gasteiger partial charge < -0.3 is 36.1 Å². The van der Waals surface area contributed by atoms with Gasteiger partial charge in [0.1, 0.15) is 23.7 Å². The van der Waals surface area contributed by atoms with Crippen LogP contribution < -0.4 is 26.4 Å². The van der Waals surface area contributed by atoms with Crippen LogP contribution in [0.3, 0.4) is 0 Å². The molecular formula is C28H40N6O6. The van der Waals surface area contributed by atoms with E-state index >= 15 is 0 Å². The molecule has 6 N–H and O–H groups in total. The fraction of sp³-hybridized carbons (Fsp3) is 0.571. The first-order valence-corrected chi connectivity index (χ1v) is 13.9. The second kappa shape index (κ2) is 12.6. The van der Waals surface area contributed by atoms with E-state index in [1.54, 1.807) is 19.2 Å². The van der Waals surface area contributed by atoms with Crippen molar-refractivity contribution in [3.63, 3.8) is 0 Å². The highest BCUT2D eigenvalue weighted by atomic mass is 16.6. The molecule has 3 heterocycles. The van der Waals surface area contributed by atoms with Crippen LogP contribution in [0, 0.1) is 11.8 Å². The highest BCUT2D eigenvalue weighted by Gasteiger charge is 2.46. The number of aromatic nitrogens is 1. The molecule has 0 spiro atoms. The summed E-state index contributed by atoms with van der Waals surface area (Å²) in [5, 5.41) is 9.40. The summed E-state index contributed by atoms with van der Waals surface area (Å²) in [4.78, 5) is 56.4. The van der Waals surface area contributed by atoms with E-state index in [2.05, 4.69) is 20.9 Å². The number of aromatic amines is 1. The Bertz CT molecular complexity index is 1250. The van der Waals surface area contributed by atoms with Gasteiger partial charge in [0.25, 0.3) is 5.91 Å². The quantitative estimate of drug-likeness (QED) is 0.266. The van der Waals surface area contributed by atoms with Gasteiger partial charge in [-0.2, -0.15) is 0 Å². The molecule has 1 aromatic carbocycles. The van der Waals surface area contributed by atoms with E-state index in [-0.39, 0.29) is 24.2 Å². The zero-order valence-corrected chi connectivity index (χ0v) is 23.5. The number of cyclic esters (lactones) is 1. The predicted molar refractivity (Wildman–Crippen MR) is 148 cm³/mol. The van der Waals surface area contributed by atoms with Gasteiger partial charge >= 0.3 is 6.09 Å². The van der Waals surface area contributed by atoms with Gasteiger partial charge in [0, 0.05) is 29.9 Å². The monoisotopic (exact) mass is 556 g/mol. The van der Waals surface area contributed by atoms with Crippen LogP contribution in [0.15, 0.2) is 24.3 Å². The van der Waals surface area contributed by atoms with E-state index in [4.69, 9.17) is 15.2 Å². The van der Waals surface area contributed by atoms with Gasteiger partial charge in [-0.05, 0) is 49.8 Å². The Balaban J connectivity index is 1.54. The molecular weight excluding hydrogens is 516 g/mol. The third-order valence-corrected chi connectivity index (χ3v) is 7.48. The molecule has 0 radical (unpaired) electrons. The summed E-state index contributed by atoms with van der Waals surface area (Å²) in [7, 11) is 1.56. The van der Waals surface area contributed by atoms with Crippen molar-refractivity contribution in [1.82, 2.24) is 25.8 Å². The van der Waals surface area contributed by atoms with Crippen molar-refractivity contribution in [2.75, 3.05) is 20.2 Å². The van der Waals surface area contributed by atoms with Crippen molar-refractivity contribution in [3.05, 3.63) is 30.0 Å². The molecule has 2 aliphatic heterocycles. The van der Waals surface area contributed by atoms with Gasteiger partial charge in [-0.3, -0.25) is 19.3 Å². The van der Waals surface area contributed by atoms with Crippen LogP contribution >= 0.6 is 0 Å². The molecule has 0 aliphatic carbocycles. The van der Waals surface area contributed by atoms with Crippen molar-refractivity contribution >= 4 is 34.7 Å². The van der Waals surface area contributed by atoms with E-state index in [0.717, 1.165) is 10.9 Å². The van der Waals surface area contributed by atoms with Crippen molar-refractivity contribution in [3.8, 4) is 5.75 Å². The van der Waals surface area contributed by atoms with E-state index < -0.39 is 42.3 Å². The lowest BCUT2D eigenvalue weighted by Crippen LogP contribution is -2.57. The molecule has 2 saturated heterocycles. The topological polar surface area (TPSA) is 168 Å². The Kier molecular flexibility index (Phi) is 9.18. The lowest BCUT2D eigenvalue weighted by atomic mass is 9.93. The van der Waals surface area contributed by atoms with Crippen molar-refractivity contribution < 1.29 is 28.7 Å². The molecule has 0 saturated carbocycles. The molecule has 0 bridgehead atoms. The number of hydrogen-bond donors (Lipinski definition) is 5. The van der Waals surface area contributed by atoms with Crippen LogP contribution in [0.1, 0.15) is 56.9 Å². The summed E-state index contributed by atoms with van der Waals surface area (Å²) in [5.41, 5.74) is 7.43. The van der Waals surface area contributed by atoms with Crippen LogP contribution in [-0.4, -0.2) is 78.3 Å². The maximum Gasteiger partial charge on any atom is 0.411 e. The molecule has 1 aromatic heterocycles. The normalized spacial score (nSPS) is 22.2. The molecule has 4 amide bonds. The number of H-pyrrole nitrogens is 1. The minimum absolute atomic E-state index is 0.0875. The molecule has 5 unspecified atom stereocenters. The van der Waals surface area contributed by atoms with E-state index in [1.165, 1.54) is 4.90 Å². The fourth-order valence-corrected chi connectivity index (χ4v) is 5.46. The van der Waals surface area contributed by atoms with Gasteiger partial charge in [0.2, 0.25) is 11.8 Å². The Morgan fingerprint density at radius 3 is 2.67 bits per heavy atom. The summed E-state index contributed by atoms with van der Waals surface area (Å²) in [6.07, 6.45) is -0.232. The van der Waals surface area contributed by atoms with Crippen LogP contribution in [0.5, 0.6) is 5.75 Å². The second-order valence-corrected chi connectivity index (χ2v) is 10.9. The molecule has 4 rings (SSSR count). The first-order chi connectivity index (χ1) is 19.1. The number of methoxy groups -OCH3 is 1. The number of rotatable bonds is 12. The summed E-state index contributed by atoms with van der Waals surface area (Å²) in [5.74, 6) is -0.618. The zero-order chi connectivity index (χ0) is 29.0. The van der Waals surface area contributed by atoms with Crippen molar-refractivity contribution in [2.45, 2.75) is 70.8 Å². The largest absolute Gasteiger partial charge is 0.496 e. The predicted octanol–water partition coefficient (Wildman–Crippen LogP) is 1.85. The summed E-state index contributed by atoms with van der Waals surface area (Å²) in [6.45, 7) is 6.81. The number of nitrogens with two attached hydrogens (primary N) is 1. The van der Waals surface area contributed by atoms with Crippen molar-refractivity contribution in [2.24, 2.45) is 17.6 Å². The van der Waals surface area contributed by atoms with Crippen LogP contribution in [0.25, 0.3) is 10.9 Å². The number of amides is 4. The number of nitrogens with one attached hydrogen (secondary N) is 4. The Labute approximate surface area is 233 Å². The molecule has 218 valence electrons. The molecule has 5 atom stereocenters. The number of ether oxygens (including phenoxy) is 2. The zero-order valence-electron chi connectivity index (χ0n) is 23.5. The number of nitrogens with zero attached hydrogens (tertiary/aromatic N) is 1.